The minimum atomic E-state index is -4.46. The van der Waals surface area contributed by atoms with Crippen molar-refractivity contribution in [2.75, 3.05) is 25.1 Å². The fourth-order valence-corrected chi connectivity index (χ4v) is 4.18. The van der Waals surface area contributed by atoms with E-state index in [9.17, 15) is 23.1 Å². The summed E-state index contributed by atoms with van der Waals surface area (Å²) in [5, 5.41) is 15.7. The van der Waals surface area contributed by atoms with Gasteiger partial charge in [-0.2, -0.15) is 13.2 Å². The molecular formula is C23H23F3N2O3. The van der Waals surface area contributed by atoms with E-state index in [1.807, 2.05) is 18.2 Å². The number of alkyl halides is 3. The van der Waals surface area contributed by atoms with Crippen LogP contribution in [0.5, 0.6) is 5.75 Å². The molecule has 0 aliphatic carbocycles. The maximum Gasteiger partial charge on any atom is 0.416 e. The lowest BCUT2D eigenvalue weighted by atomic mass is 9.91. The van der Waals surface area contributed by atoms with Crippen LogP contribution in [0, 0.1) is 0 Å². The van der Waals surface area contributed by atoms with Crippen LogP contribution >= 0.6 is 0 Å². The van der Waals surface area contributed by atoms with Crippen LogP contribution in [-0.2, 0) is 17.4 Å². The van der Waals surface area contributed by atoms with E-state index >= 15 is 0 Å². The predicted molar refractivity (Wildman–Crippen MR) is 111 cm³/mol. The van der Waals surface area contributed by atoms with E-state index in [4.69, 9.17) is 4.74 Å². The van der Waals surface area contributed by atoms with Crippen molar-refractivity contribution in [3.8, 4) is 5.75 Å². The van der Waals surface area contributed by atoms with Gasteiger partial charge < -0.3 is 20.5 Å². The second kappa shape index (κ2) is 8.72. The van der Waals surface area contributed by atoms with Gasteiger partial charge in [-0.05, 0) is 54.3 Å². The van der Waals surface area contributed by atoms with Crippen molar-refractivity contribution in [3.63, 3.8) is 0 Å². The Kier molecular flexibility index (Phi) is 6.02. The summed E-state index contributed by atoms with van der Waals surface area (Å²) in [6.45, 7) is 1.03. The number of aliphatic hydroxyl groups is 1. The molecule has 0 aromatic heterocycles. The van der Waals surface area contributed by atoms with E-state index in [2.05, 4.69) is 10.6 Å². The van der Waals surface area contributed by atoms with Crippen LogP contribution in [0.2, 0.25) is 0 Å². The molecule has 2 aliphatic rings. The van der Waals surface area contributed by atoms with Crippen molar-refractivity contribution in [1.29, 1.82) is 0 Å². The molecule has 0 spiro atoms. The number of fused-ring (bicyclic) bond motifs is 2. The second-order valence-electron chi connectivity index (χ2n) is 7.61. The molecule has 5 nitrogen and oxygen atoms in total. The van der Waals surface area contributed by atoms with E-state index < -0.39 is 11.7 Å². The Bertz CT molecular complexity index is 1020. The van der Waals surface area contributed by atoms with Gasteiger partial charge in [-0.1, -0.05) is 18.2 Å². The molecular weight excluding hydrogens is 409 g/mol. The largest absolute Gasteiger partial charge is 0.493 e. The van der Waals surface area contributed by atoms with Crippen molar-refractivity contribution in [3.05, 3.63) is 64.7 Å². The lowest BCUT2D eigenvalue weighted by molar-refractivity contribution is -0.137. The maximum atomic E-state index is 13.0. The molecule has 0 bridgehead atoms. The number of rotatable bonds is 4. The summed E-state index contributed by atoms with van der Waals surface area (Å²) in [7, 11) is 0. The standard InChI is InChI=1S/C23H23F3N2O3/c24-23(25,26)16-4-5-17-15(8-11-31-20(17)13-16)12-21(30)28-19-3-1-2-14-6-9-27-18(7-10-29)22(14)19/h1-5,12-13,18,27,29H,6-11H2,(H,28,30)/b15-12+. The van der Waals surface area contributed by atoms with E-state index in [1.54, 1.807) is 0 Å². The van der Waals surface area contributed by atoms with E-state index in [1.165, 1.54) is 12.1 Å². The second-order valence-corrected chi connectivity index (χ2v) is 7.61. The zero-order chi connectivity index (χ0) is 22.0. The van der Waals surface area contributed by atoms with Crippen LogP contribution in [-0.4, -0.2) is 30.8 Å². The molecule has 2 heterocycles. The van der Waals surface area contributed by atoms with Crippen molar-refractivity contribution in [1.82, 2.24) is 5.32 Å². The number of aliphatic hydroxyl groups excluding tert-OH is 1. The SMILES string of the molecule is O=C(/C=C1\CCOc2cc(C(F)(F)F)ccc21)Nc1cccc2c1C(CCO)NCC2. The molecule has 0 saturated heterocycles. The highest BCUT2D eigenvalue weighted by molar-refractivity contribution is 6.05. The van der Waals surface area contributed by atoms with Crippen LogP contribution in [0.15, 0.2) is 42.5 Å². The minimum Gasteiger partial charge on any atom is -0.493 e. The monoisotopic (exact) mass is 432 g/mol. The van der Waals surface area contributed by atoms with Gasteiger partial charge in [0.15, 0.2) is 0 Å². The fourth-order valence-electron chi connectivity index (χ4n) is 4.18. The summed E-state index contributed by atoms with van der Waals surface area (Å²) in [6.07, 6.45) is -1.25. The first-order valence-corrected chi connectivity index (χ1v) is 10.2. The third-order valence-corrected chi connectivity index (χ3v) is 5.59. The number of hydrogen-bond acceptors (Lipinski definition) is 4. The highest BCUT2D eigenvalue weighted by atomic mass is 19.4. The molecule has 1 amide bonds. The number of benzene rings is 2. The summed E-state index contributed by atoms with van der Waals surface area (Å²) in [6, 6.07) is 8.98. The van der Waals surface area contributed by atoms with Crippen molar-refractivity contribution >= 4 is 17.2 Å². The average molecular weight is 432 g/mol. The third kappa shape index (κ3) is 4.60. The summed E-state index contributed by atoms with van der Waals surface area (Å²) in [5.74, 6) is -0.228. The van der Waals surface area contributed by atoms with Gasteiger partial charge in [-0.3, -0.25) is 4.79 Å². The lowest BCUT2D eigenvalue weighted by Gasteiger charge is -2.29. The topological polar surface area (TPSA) is 70.6 Å². The summed E-state index contributed by atoms with van der Waals surface area (Å²) in [4.78, 5) is 12.8. The normalized spacial score (nSPS) is 19.4. The first-order valence-electron chi connectivity index (χ1n) is 10.2. The quantitative estimate of drug-likeness (QED) is 0.637. The summed E-state index contributed by atoms with van der Waals surface area (Å²) in [5.41, 5.74) is 3.10. The number of nitrogens with one attached hydrogen (secondary N) is 2. The predicted octanol–water partition coefficient (Wildman–Crippen LogP) is 4.08. The fraction of sp³-hybridized carbons (Fsp3) is 0.348. The highest BCUT2D eigenvalue weighted by Gasteiger charge is 2.32. The maximum absolute atomic E-state index is 13.0. The number of anilines is 1. The van der Waals surface area contributed by atoms with E-state index in [0.717, 1.165) is 36.2 Å². The number of carbonyl (C=O) groups is 1. The van der Waals surface area contributed by atoms with Crippen LogP contribution in [0.1, 0.15) is 41.1 Å². The number of ether oxygens (including phenoxy) is 1. The first kappa shape index (κ1) is 21.4. The Morgan fingerprint density at radius 1 is 1.26 bits per heavy atom. The van der Waals surface area contributed by atoms with E-state index in [0.29, 0.717) is 29.7 Å². The summed E-state index contributed by atoms with van der Waals surface area (Å²) >= 11 is 0. The van der Waals surface area contributed by atoms with Crippen LogP contribution in [0.3, 0.4) is 0 Å². The van der Waals surface area contributed by atoms with Gasteiger partial charge in [0.25, 0.3) is 0 Å². The molecule has 3 N–H and O–H groups in total. The molecule has 0 fully saturated rings. The molecule has 2 aromatic carbocycles. The van der Waals surface area contributed by atoms with Gasteiger partial charge in [0.05, 0.1) is 12.2 Å². The van der Waals surface area contributed by atoms with Crippen molar-refractivity contribution in [2.45, 2.75) is 31.5 Å². The van der Waals surface area contributed by atoms with Gasteiger partial charge in [0, 0.05) is 36.4 Å². The molecule has 1 atom stereocenters. The molecule has 31 heavy (non-hydrogen) atoms. The molecule has 164 valence electrons. The molecule has 0 saturated carbocycles. The molecule has 1 unspecified atom stereocenters. The Hall–Kier alpha value is -2.84. The Balaban J connectivity index is 1.59. The van der Waals surface area contributed by atoms with Gasteiger partial charge in [0.1, 0.15) is 5.75 Å². The van der Waals surface area contributed by atoms with Crippen molar-refractivity contribution < 1.29 is 27.8 Å². The molecule has 0 radical (unpaired) electrons. The molecule has 2 aromatic rings. The number of hydrogen-bond donors (Lipinski definition) is 3. The van der Waals surface area contributed by atoms with Gasteiger partial charge in [0.2, 0.25) is 5.91 Å². The number of amides is 1. The highest BCUT2D eigenvalue weighted by Crippen LogP contribution is 2.38. The zero-order valence-electron chi connectivity index (χ0n) is 16.8. The summed E-state index contributed by atoms with van der Waals surface area (Å²) < 4.78 is 44.3. The minimum absolute atomic E-state index is 0.0279. The smallest absolute Gasteiger partial charge is 0.416 e. The first-order chi connectivity index (χ1) is 14.9. The van der Waals surface area contributed by atoms with Gasteiger partial charge in [-0.25, -0.2) is 0 Å². The van der Waals surface area contributed by atoms with E-state index in [-0.39, 0.29) is 30.9 Å². The van der Waals surface area contributed by atoms with Crippen LogP contribution in [0.25, 0.3) is 5.57 Å². The van der Waals surface area contributed by atoms with Crippen LogP contribution in [0.4, 0.5) is 18.9 Å². The number of halogens is 3. The average Bonchev–Trinajstić information content (AvgIpc) is 2.73. The van der Waals surface area contributed by atoms with Gasteiger partial charge >= 0.3 is 6.18 Å². The Morgan fingerprint density at radius 2 is 2.10 bits per heavy atom. The van der Waals surface area contributed by atoms with Crippen molar-refractivity contribution in [2.24, 2.45) is 0 Å². The molecule has 2 aliphatic heterocycles. The molecule has 4 rings (SSSR count). The van der Waals surface area contributed by atoms with Crippen LogP contribution < -0.4 is 15.4 Å². The third-order valence-electron chi connectivity index (χ3n) is 5.59. The Labute approximate surface area is 177 Å². The Morgan fingerprint density at radius 3 is 2.87 bits per heavy atom. The number of carbonyl (C=O) groups excluding carboxylic acids is 1. The van der Waals surface area contributed by atoms with Gasteiger partial charge in [-0.15, -0.1) is 0 Å². The molecule has 8 heteroatoms. The zero-order valence-corrected chi connectivity index (χ0v) is 16.8. The lowest BCUT2D eigenvalue weighted by Crippen LogP contribution is -2.31.